The average Bonchev–Trinajstić information content (AvgIpc) is 3.20. The fourth-order valence-corrected chi connectivity index (χ4v) is 4.47. The van der Waals surface area contributed by atoms with Crippen molar-refractivity contribution in [3.05, 3.63) is 77.6 Å². The van der Waals surface area contributed by atoms with Crippen LogP contribution in [0.25, 0.3) is 10.2 Å². The minimum Gasteiger partial charge on any atom is -0.485 e. The minimum absolute atomic E-state index is 0.138. The lowest BCUT2D eigenvalue weighted by Gasteiger charge is -2.29. The van der Waals surface area contributed by atoms with Crippen molar-refractivity contribution in [1.82, 2.24) is 9.97 Å². The number of nitrogens with zero attached hydrogens (tertiary/aromatic N) is 3. The molecular weight excluding hydrogens is 422 g/mol. The van der Waals surface area contributed by atoms with E-state index in [0.29, 0.717) is 28.2 Å². The summed E-state index contributed by atoms with van der Waals surface area (Å²) in [6, 6.07) is 16.6. The fraction of sp³-hybridized carbons (Fsp3) is 0.136. The zero-order chi connectivity index (χ0) is 20.5. The molecule has 1 aliphatic rings. The van der Waals surface area contributed by atoms with Gasteiger partial charge in [-0.3, -0.25) is 14.7 Å². The van der Waals surface area contributed by atoms with E-state index in [-0.39, 0.29) is 12.5 Å². The zero-order valence-corrected chi connectivity index (χ0v) is 17.3. The Balaban J connectivity index is 1.49. The molecule has 30 heavy (non-hydrogen) atoms. The molecule has 4 aromatic rings. The second-order valence-electron chi connectivity index (χ2n) is 6.75. The summed E-state index contributed by atoms with van der Waals surface area (Å²) in [6.07, 6.45) is 2.64. The molecule has 5 rings (SSSR count). The second-order valence-corrected chi connectivity index (χ2v) is 8.20. The number of amides is 1. The van der Waals surface area contributed by atoms with E-state index in [9.17, 15) is 4.79 Å². The number of hydrogen-bond acceptors (Lipinski definition) is 6. The Labute approximate surface area is 181 Å². The van der Waals surface area contributed by atoms with Crippen LogP contribution in [0.2, 0.25) is 5.02 Å². The number of benzene rings is 2. The number of para-hydroxylation sites is 2. The van der Waals surface area contributed by atoms with Crippen molar-refractivity contribution in [3.8, 4) is 11.5 Å². The number of ether oxygens (including phenoxy) is 2. The van der Waals surface area contributed by atoms with Crippen LogP contribution in [0.15, 0.2) is 67.0 Å². The van der Waals surface area contributed by atoms with E-state index < -0.39 is 6.10 Å². The maximum absolute atomic E-state index is 13.5. The van der Waals surface area contributed by atoms with Crippen LogP contribution in [0.4, 0.5) is 5.13 Å². The largest absolute Gasteiger partial charge is 0.485 e. The van der Waals surface area contributed by atoms with E-state index in [2.05, 4.69) is 9.97 Å². The van der Waals surface area contributed by atoms with E-state index in [1.165, 1.54) is 11.3 Å². The number of carbonyl (C=O) groups is 1. The number of aromatic nitrogens is 2. The van der Waals surface area contributed by atoms with Gasteiger partial charge in [0.1, 0.15) is 6.61 Å². The first kappa shape index (κ1) is 18.8. The highest BCUT2D eigenvalue weighted by molar-refractivity contribution is 7.22. The van der Waals surface area contributed by atoms with Crippen molar-refractivity contribution in [1.29, 1.82) is 0 Å². The van der Waals surface area contributed by atoms with Crippen LogP contribution in [0, 0.1) is 0 Å². The molecule has 6 nitrogen and oxygen atoms in total. The van der Waals surface area contributed by atoms with E-state index >= 15 is 0 Å². The summed E-state index contributed by atoms with van der Waals surface area (Å²) in [5, 5.41) is 1.21. The van der Waals surface area contributed by atoms with Crippen LogP contribution in [-0.2, 0) is 11.3 Å². The summed E-state index contributed by atoms with van der Waals surface area (Å²) in [6.45, 7) is 0.482. The Morgan fingerprint density at radius 2 is 1.93 bits per heavy atom. The predicted octanol–water partition coefficient (Wildman–Crippen LogP) is 4.72. The lowest BCUT2D eigenvalue weighted by Crippen LogP contribution is -2.46. The summed E-state index contributed by atoms with van der Waals surface area (Å²) in [5.74, 6) is 0.977. The molecule has 0 saturated heterocycles. The molecule has 2 aromatic carbocycles. The Bertz CT molecular complexity index is 1210. The van der Waals surface area contributed by atoms with Crippen LogP contribution >= 0.6 is 22.9 Å². The SMILES string of the molecule is O=C([C@H]1COc2ccccc2O1)N(Cc1ccncc1)c1nc2ccc(Cl)cc2s1. The summed E-state index contributed by atoms with van der Waals surface area (Å²) < 4.78 is 12.6. The standard InChI is InChI=1S/C22H16ClN3O3S/c23-15-5-6-16-20(11-15)30-22(25-16)26(12-14-7-9-24-10-8-14)21(27)19-13-28-17-3-1-2-4-18(17)29-19/h1-11,19H,12-13H2/t19-/m1/s1. The second kappa shape index (κ2) is 7.93. The highest BCUT2D eigenvalue weighted by atomic mass is 35.5. The maximum Gasteiger partial charge on any atom is 0.273 e. The summed E-state index contributed by atoms with van der Waals surface area (Å²) in [7, 11) is 0. The lowest BCUT2D eigenvalue weighted by molar-refractivity contribution is -0.127. The van der Waals surface area contributed by atoms with E-state index in [1.807, 2.05) is 42.5 Å². The molecule has 0 N–H and O–H groups in total. The molecule has 0 aliphatic carbocycles. The van der Waals surface area contributed by atoms with Gasteiger partial charge in [0.2, 0.25) is 6.10 Å². The van der Waals surface area contributed by atoms with Crippen molar-refractivity contribution < 1.29 is 14.3 Å². The van der Waals surface area contributed by atoms with Gasteiger partial charge in [-0.1, -0.05) is 35.1 Å². The van der Waals surface area contributed by atoms with Crippen molar-refractivity contribution >= 4 is 44.2 Å². The molecule has 0 bridgehead atoms. The Morgan fingerprint density at radius 1 is 1.13 bits per heavy atom. The molecule has 0 unspecified atom stereocenters. The van der Waals surface area contributed by atoms with E-state index in [0.717, 1.165) is 15.8 Å². The van der Waals surface area contributed by atoms with Gasteiger partial charge in [0.15, 0.2) is 16.6 Å². The minimum atomic E-state index is -0.766. The third-order valence-corrected chi connectivity index (χ3v) is 5.99. The normalized spacial score (nSPS) is 15.2. The highest BCUT2D eigenvalue weighted by Gasteiger charge is 2.33. The Kier molecular flexibility index (Phi) is 4.98. The molecule has 1 amide bonds. The molecule has 3 heterocycles. The van der Waals surface area contributed by atoms with Gasteiger partial charge in [0.05, 0.1) is 16.8 Å². The van der Waals surface area contributed by atoms with Crippen LogP contribution in [-0.4, -0.2) is 28.6 Å². The highest BCUT2D eigenvalue weighted by Crippen LogP contribution is 2.34. The topological polar surface area (TPSA) is 64.6 Å². The molecule has 1 aliphatic heterocycles. The number of anilines is 1. The van der Waals surface area contributed by atoms with E-state index in [4.69, 9.17) is 21.1 Å². The fourth-order valence-electron chi connectivity index (χ4n) is 3.23. The molecule has 0 fully saturated rings. The molecular formula is C22H16ClN3O3S. The summed E-state index contributed by atoms with van der Waals surface area (Å²) in [5.41, 5.74) is 1.73. The predicted molar refractivity (Wildman–Crippen MR) is 116 cm³/mol. The van der Waals surface area contributed by atoms with Gasteiger partial charge in [0, 0.05) is 17.4 Å². The third kappa shape index (κ3) is 3.69. The smallest absolute Gasteiger partial charge is 0.273 e. The van der Waals surface area contributed by atoms with Gasteiger partial charge in [-0.05, 0) is 48.0 Å². The van der Waals surface area contributed by atoms with Gasteiger partial charge >= 0.3 is 0 Å². The Hall–Kier alpha value is -3.16. The van der Waals surface area contributed by atoms with Crippen molar-refractivity contribution in [2.24, 2.45) is 0 Å². The first-order valence-corrected chi connectivity index (χ1v) is 10.5. The van der Waals surface area contributed by atoms with Crippen LogP contribution in [0.1, 0.15) is 5.56 Å². The van der Waals surface area contributed by atoms with Crippen LogP contribution in [0.5, 0.6) is 11.5 Å². The molecule has 150 valence electrons. The number of rotatable bonds is 4. The van der Waals surface area contributed by atoms with Crippen molar-refractivity contribution in [2.75, 3.05) is 11.5 Å². The van der Waals surface area contributed by atoms with Gasteiger partial charge in [0.25, 0.3) is 5.91 Å². The van der Waals surface area contributed by atoms with Crippen molar-refractivity contribution in [2.45, 2.75) is 12.6 Å². The molecule has 8 heteroatoms. The third-order valence-electron chi connectivity index (χ3n) is 4.71. The number of pyridine rings is 1. The van der Waals surface area contributed by atoms with Crippen LogP contribution < -0.4 is 14.4 Å². The average molecular weight is 438 g/mol. The monoisotopic (exact) mass is 437 g/mol. The first-order chi connectivity index (χ1) is 14.7. The van der Waals surface area contributed by atoms with E-state index in [1.54, 1.807) is 29.4 Å². The Morgan fingerprint density at radius 3 is 2.77 bits per heavy atom. The number of thiazole rings is 1. The molecule has 0 saturated carbocycles. The molecule has 0 radical (unpaired) electrons. The first-order valence-electron chi connectivity index (χ1n) is 9.32. The number of halogens is 1. The molecule has 2 aromatic heterocycles. The number of hydrogen-bond donors (Lipinski definition) is 0. The summed E-state index contributed by atoms with van der Waals surface area (Å²) >= 11 is 7.54. The number of fused-ring (bicyclic) bond motifs is 2. The number of carbonyl (C=O) groups excluding carboxylic acids is 1. The zero-order valence-electron chi connectivity index (χ0n) is 15.7. The van der Waals surface area contributed by atoms with Gasteiger partial charge in [-0.2, -0.15) is 0 Å². The van der Waals surface area contributed by atoms with Gasteiger partial charge in [-0.25, -0.2) is 4.98 Å². The quantitative estimate of drug-likeness (QED) is 0.462. The summed E-state index contributed by atoms with van der Waals surface area (Å²) in [4.78, 5) is 23.9. The van der Waals surface area contributed by atoms with Crippen molar-refractivity contribution in [3.63, 3.8) is 0 Å². The maximum atomic E-state index is 13.5. The lowest BCUT2D eigenvalue weighted by atomic mass is 10.2. The van der Waals surface area contributed by atoms with Crippen LogP contribution in [0.3, 0.4) is 0 Å². The molecule has 1 atom stereocenters. The van der Waals surface area contributed by atoms with Gasteiger partial charge < -0.3 is 9.47 Å². The molecule has 0 spiro atoms. The van der Waals surface area contributed by atoms with Gasteiger partial charge in [-0.15, -0.1) is 0 Å².